The summed E-state index contributed by atoms with van der Waals surface area (Å²) < 4.78 is 5.10. The van der Waals surface area contributed by atoms with Crippen molar-refractivity contribution >= 4 is 29.2 Å². The molecule has 8 heteroatoms. The Morgan fingerprint density at radius 3 is 2.83 bits per heavy atom. The fourth-order valence-electron chi connectivity index (χ4n) is 1.96. The van der Waals surface area contributed by atoms with Gasteiger partial charge in [0.1, 0.15) is 18.3 Å². The molecule has 0 fully saturated rings. The molecule has 0 spiro atoms. The third kappa shape index (κ3) is 5.01. The van der Waals surface area contributed by atoms with Crippen LogP contribution in [0.3, 0.4) is 0 Å². The molecule has 23 heavy (non-hydrogen) atoms. The Morgan fingerprint density at radius 1 is 1.39 bits per heavy atom. The monoisotopic (exact) mass is 338 g/mol. The number of carboxylic acids is 1. The molecule has 0 aliphatic heterocycles. The number of aliphatic carboxylic acids is 1. The first-order chi connectivity index (χ1) is 11.0. The summed E-state index contributed by atoms with van der Waals surface area (Å²) >= 11 is 5.78. The number of hydrogen-bond donors (Lipinski definition) is 3. The minimum atomic E-state index is -1.36. The summed E-state index contributed by atoms with van der Waals surface area (Å²) in [6, 6.07) is 6.47. The van der Waals surface area contributed by atoms with Gasteiger partial charge < -0.3 is 30.1 Å². The van der Waals surface area contributed by atoms with Crippen molar-refractivity contribution in [1.82, 2.24) is 0 Å². The number of nitrogens with two attached hydrogens (primary N) is 1. The number of aromatic hydroxyl groups is 1. The Morgan fingerprint density at radius 2 is 2.17 bits per heavy atom. The van der Waals surface area contributed by atoms with E-state index in [-0.39, 0.29) is 24.4 Å². The lowest BCUT2D eigenvalue weighted by atomic mass is 10.2. The van der Waals surface area contributed by atoms with E-state index >= 15 is 0 Å². The van der Waals surface area contributed by atoms with Crippen LogP contribution in [0.5, 0.6) is 5.75 Å². The maximum absolute atomic E-state index is 12.0. The summed E-state index contributed by atoms with van der Waals surface area (Å²) in [4.78, 5) is 23.1. The lowest BCUT2D eigenvalue weighted by molar-refractivity contribution is -0.698. The van der Waals surface area contributed by atoms with Gasteiger partial charge in [-0.2, -0.15) is 0 Å². The third-order valence-electron chi connectivity index (χ3n) is 3.12. The molecule has 0 unspecified atom stereocenters. The molecular weight excluding hydrogens is 324 g/mol. The average Bonchev–Trinajstić information content (AvgIpc) is 3.00. The highest BCUT2D eigenvalue weighted by molar-refractivity contribution is 6.31. The van der Waals surface area contributed by atoms with E-state index in [4.69, 9.17) is 16.0 Å². The van der Waals surface area contributed by atoms with Crippen molar-refractivity contribution in [2.45, 2.75) is 19.0 Å². The Labute approximate surface area is 136 Å². The molecule has 0 radical (unpaired) electrons. The second kappa shape index (κ2) is 7.66. The third-order valence-corrected chi connectivity index (χ3v) is 3.36. The van der Waals surface area contributed by atoms with E-state index < -0.39 is 17.9 Å². The number of halogens is 1. The number of rotatable bonds is 7. The van der Waals surface area contributed by atoms with Crippen molar-refractivity contribution in [3.63, 3.8) is 0 Å². The van der Waals surface area contributed by atoms with Crippen LogP contribution in [0.1, 0.15) is 12.2 Å². The summed E-state index contributed by atoms with van der Waals surface area (Å²) in [5.41, 5.74) is 0.116. The molecule has 0 bridgehead atoms. The molecule has 0 aliphatic carbocycles. The van der Waals surface area contributed by atoms with E-state index in [1.807, 2.05) is 0 Å². The largest absolute Gasteiger partial charge is 0.544 e. The van der Waals surface area contributed by atoms with Gasteiger partial charge in [-0.3, -0.25) is 4.79 Å². The Bertz CT molecular complexity index is 687. The molecule has 2 rings (SSSR count). The van der Waals surface area contributed by atoms with Crippen molar-refractivity contribution in [2.75, 3.05) is 5.32 Å². The average molecular weight is 339 g/mol. The summed E-state index contributed by atoms with van der Waals surface area (Å²) in [6.45, 7) is 0.265. The number of anilines is 1. The van der Waals surface area contributed by atoms with Gasteiger partial charge in [0.25, 0.3) is 0 Å². The number of phenolic OH excluding ortho intramolecular Hbond substituents is 1. The highest BCUT2D eigenvalue weighted by atomic mass is 35.5. The predicted molar refractivity (Wildman–Crippen MR) is 79.5 cm³/mol. The molecule has 1 aromatic carbocycles. The summed E-state index contributed by atoms with van der Waals surface area (Å²) in [5, 5.41) is 25.0. The number of amides is 1. The quantitative estimate of drug-likeness (QED) is 0.606. The number of phenols is 1. The van der Waals surface area contributed by atoms with E-state index in [1.54, 1.807) is 12.1 Å². The number of nitrogens with one attached hydrogen (secondary N) is 1. The first-order valence-electron chi connectivity index (χ1n) is 6.80. The van der Waals surface area contributed by atoms with Gasteiger partial charge in [0.05, 0.1) is 24.3 Å². The van der Waals surface area contributed by atoms with Gasteiger partial charge in [0.2, 0.25) is 5.91 Å². The zero-order valence-corrected chi connectivity index (χ0v) is 12.7. The van der Waals surface area contributed by atoms with Crippen molar-refractivity contribution in [1.29, 1.82) is 0 Å². The number of carbonyl (C=O) groups is 2. The summed E-state index contributed by atoms with van der Waals surface area (Å²) in [5.74, 6) is -1.51. The van der Waals surface area contributed by atoms with Gasteiger partial charge >= 0.3 is 0 Å². The van der Waals surface area contributed by atoms with Gasteiger partial charge in [-0.05, 0) is 30.3 Å². The smallest absolute Gasteiger partial charge is 0.230 e. The minimum absolute atomic E-state index is 0.116. The van der Waals surface area contributed by atoms with Crippen LogP contribution in [-0.4, -0.2) is 23.0 Å². The van der Waals surface area contributed by atoms with E-state index in [2.05, 4.69) is 5.32 Å². The molecule has 122 valence electrons. The van der Waals surface area contributed by atoms with E-state index in [0.717, 1.165) is 0 Å². The van der Waals surface area contributed by atoms with E-state index in [0.29, 0.717) is 10.8 Å². The van der Waals surface area contributed by atoms with Gasteiger partial charge in [-0.25, -0.2) is 0 Å². The van der Waals surface area contributed by atoms with Crippen LogP contribution in [0.15, 0.2) is 41.0 Å². The second-order valence-corrected chi connectivity index (χ2v) is 5.29. The van der Waals surface area contributed by atoms with Gasteiger partial charge in [-0.1, -0.05) is 11.6 Å². The standard InChI is InChI=1S/C15H15ClN2O5/c16-9-3-4-13(19)11(6-9)18-14(20)7-12(15(21)22)17-8-10-2-1-5-23-10/h1-6,12,17,19H,7-8H2,(H,18,20)(H,21,22)/t12-/m0/s1. The second-order valence-electron chi connectivity index (χ2n) is 4.86. The van der Waals surface area contributed by atoms with Crippen LogP contribution in [-0.2, 0) is 16.1 Å². The van der Waals surface area contributed by atoms with Crippen LogP contribution < -0.4 is 15.7 Å². The Hall–Kier alpha value is -2.51. The molecule has 1 amide bonds. The maximum Gasteiger partial charge on any atom is 0.230 e. The van der Waals surface area contributed by atoms with Crippen molar-refractivity contribution in [2.24, 2.45) is 0 Å². The zero-order valence-electron chi connectivity index (χ0n) is 12.0. The number of carboxylic acid groups (broad SMARTS) is 1. The Kier molecular flexibility index (Phi) is 5.61. The fraction of sp³-hybridized carbons (Fsp3) is 0.200. The molecule has 2 aromatic rings. The first kappa shape index (κ1) is 16.9. The highest BCUT2D eigenvalue weighted by Crippen LogP contribution is 2.26. The van der Waals surface area contributed by atoms with Crippen LogP contribution in [0.2, 0.25) is 5.02 Å². The van der Waals surface area contributed by atoms with Crippen LogP contribution >= 0.6 is 11.6 Å². The number of quaternary nitrogens is 1. The van der Waals surface area contributed by atoms with Crippen molar-refractivity contribution in [3.05, 3.63) is 47.4 Å². The van der Waals surface area contributed by atoms with Gasteiger partial charge in [0.15, 0.2) is 5.76 Å². The lowest BCUT2D eigenvalue weighted by Gasteiger charge is -2.16. The minimum Gasteiger partial charge on any atom is -0.544 e. The lowest BCUT2D eigenvalue weighted by Crippen LogP contribution is -2.92. The first-order valence-corrected chi connectivity index (χ1v) is 7.18. The number of hydrogen-bond acceptors (Lipinski definition) is 5. The molecular formula is C15H15ClN2O5. The predicted octanol–water partition coefficient (Wildman–Crippen LogP) is -0.151. The fourth-order valence-corrected chi connectivity index (χ4v) is 2.13. The topological polar surface area (TPSA) is 119 Å². The number of furan rings is 1. The highest BCUT2D eigenvalue weighted by Gasteiger charge is 2.19. The van der Waals surface area contributed by atoms with Crippen molar-refractivity contribution < 1.29 is 29.5 Å². The number of benzene rings is 1. The molecule has 0 saturated carbocycles. The molecule has 7 nitrogen and oxygen atoms in total. The van der Waals surface area contributed by atoms with Crippen LogP contribution in [0.25, 0.3) is 0 Å². The molecule has 0 saturated heterocycles. The van der Waals surface area contributed by atoms with E-state index in [9.17, 15) is 19.8 Å². The van der Waals surface area contributed by atoms with E-state index in [1.165, 1.54) is 29.8 Å². The molecule has 1 aromatic heterocycles. The van der Waals surface area contributed by atoms with Gasteiger partial charge in [0, 0.05) is 5.02 Å². The summed E-state index contributed by atoms with van der Waals surface area (Å²) in [7, 11) is 0. The normalized spacial score (nSPS) is 11.9. The van der Waals surface area contributed by atoms with Crippen LogP contribution in [0.4, 0.5) is 5.69 Å². The molecule has 1 heterocycles. The summed E-state index contributed by atoms with van der Waals surface area (Å²) in [6.07, 6.45) is 1.15. The number of carbonyl (C=O) groups excluding carboxylic acids is 2. The van der Waals surface area contributed by atoms with Gasteiger partial charge in [-0.15, -0.1) is 0 Å². The zero-order chi connectivity index (χ0) is 16.8. The SMILES string of the molecule is O=C(C[C@H]([NH2+]Cc1ccco1)C(=O)[O-])Nc1cc(Cl)ccc1O. The molecule has 1 atom stereocenters. The van der Waals surface area contributed by atoms with Crippen LogP contribution in [0, 0.1) is 0 Å². The molecule has 4 N–H and O–H groups in total. The maximum atomic E-state index is 12.0. The Balaban J connectivity index is 1.94. The van der Waals surface area contributed by atoms with Crippen molar-refractivity contribution in [3.8, 4) is 5.75 Å². The molecule has 0 aliphatic rings.